The molecule has 0 rings (SSSR count). The second-order valence-corrected chi connectivity index (χ2v) is 6.95. The molecule has 0 spiro atoms. The number of hydrogen-bond acceptors (Lipinski definition) is 2. The van der Waals surface area contributed by atoms with Gasteiger partial charge in [0.2, 0.25) is 5.91 Å². The summed E-state index contributed by atoms with van der Waals surface area (Å²) < 4.78 is 0. The normalized spacial score (nSPS) is 11.3. The largest absolute Gasteiger partial charge is 0.370 e. The standard InChI is InChI=1S/C20H42N2O/c1-3-5-7-8-9-10-11-12-13-14-18-22(17-6-4-2)19-15-16-20(21)23/h3-19H2,1-2H3,(H2,21,23). The highest BCUT2D eigenvalue weighted by atomic mass is 16.1. The number of rotatable bonds is 18. The number of nitrogens with two attached hydrogens (primary N) is 1. The molecule has 0 fully saturated rings. The lowest BCUT2D eigenvalue weighted by molar-refractivity contribution is -0.118. The minimum Gasteiger partial charge on any atom is -0.370 e. The maximum Gasteiger partial charge on any atom is 0.217 e. The summed E-state index contributed by atoms with van der Waals surface area (Å²) in [5.74, 6) is -0.167. The Labute approximate surface area is 145 Å². The zero-order chi connectivity index (χ0) is 17.2. The van der Waals surface area contributed by atoms with E-state index >= 15 is 0 Å². The van der Waals surface area contributed by atoms with Gasteiger partial charge in [0.1, 0.15) is 0 Å². The zero-order valence-corrected chi connectivity index (χ0v) is 16.0. The molecule has 0 aliphatic carbocycles. The fourth-order valence-corrected chi connectivity index (χ4v) is 3.02. The molecule has 0 saturated carbocycles. The molecule has 0 aromatic carbocycles. The van der Waals surface area contributed by atoms with E-state index in [9.17, 15) is 4.79 Å². The number of nitrogens with zero attached hydrogens (tertiary/aromatic N) is 1. The van der Waals surface area contributed by atoms with Gasteiger partial charge < -0.3 is 10.6 Å². The van der Waals surface area contributed by atoms with Crippen LogP contribution >= 0.6 is 0 Å². The van der Waals surface area contributed by atoms with Gasteiger partial charge in [-0.15, -0.1) is 0 Å². The Hall–Kier alpha value is -0.570. The maximum atomic E-state index is 10.8. The van der Waals surface area contributed by atoms with Gasteiger partial charge in [0.05, 0.1) is 0 Å². The van der Waals surface area contributed by atoms with E-state index in [0.29, 0.717) is 6.42 Å². The minimum absolute atomic E-state index is 0.167. The Balaban J connectivity index is 3.51. The van der Waals surface area contributed by atoms with Crippen LogP contribution in [-0.2, 0) is 4.79 Å². The molecular weight excluding hydrogens is 284 g/mol. The van der Waals surface area contributed by atoms with Gasteiger partial charge in [0.25, 0.3) is 0 Å². The van der Waals surface area contributed by atoms with Crippen molar-refractivity contribution in [3.8, 4) is 0 Å². The van der Waals surface area contributed by atoms with Crippen LogP contribution in [0.1, 0.15) is 104 Å². The van der Waals surface area contributed by atoms with Crippen LogP contribution in [0.4, 0.5) is 0 Å². The molecule has 3 nitrogen and oxygen atoms in total. The second kappa shape index (κ2) is 17.8. The summed E-state index contributed by atoms with van der Waals surface area (Å²) in [5.41, 5.74) is 5.23. The average Bonchev–Trinajstić information content (AvgIpc) is 2.53. The summed E-state index contributed by atoms with van der Waals surface area (Å²) in [6.45, 7) is 7.90. The molecule has 1 amide bonds. The van der Waals surface area contributed by atoms with Gasteiger partial charge in [0.15, 0.2) is 0 Å². The van der Waals surface area contributed by atoms with Crippen molar-refractivity contribution in [2.75, 3.05) is 19.6 Å². The third kappa shape index (κ3) is 17.6. The van der Waals surface area contributed by atoms with Gasteiger partial charge in [-0.2, -0.15) is 0 Å². The van der Waals surface area contributed by atoms with Crippen molar-refractivity contribution in [3.05, 3.63) is 0 Å². The smallest absolute Gasteiger partial charge is 0.217 e. The van der Waals surface area contributed by atoms with Gasteiger partial charge in [-0.3, -0.25) is 4.79 Å². The van der Waals surface area contributed by atoms with Crippen molar-refractivity contribution in [3.63, 3.8) is 0 Å². The van der Waals surface area contributed by atoms with E-state index < -0.39 is 0 Å². The van der Waals surface area contributed by atoms with E-state index in [-0.39, 0.29) is 5.91 Å². The van der Waals surface area contributed by atoms with Crippen LogP contribution in [-0.4, -0.2) is 30.4 Å². The number of primary amides is 1. The van der Waals surface area contributed by atoms with Crippen LogP contribution < -0.4 is 5.73 Å². The SMILES string of the molecule is CCCCCCCCCCCCN(CCCC)CCCC(N)=O. The third-order valence-corrected chi connectivity index (χ3v) is 4.55. The molecule has 0 saturated heterocycles. The first-order chi connectivity index (χ1) is 11.2. The average molecular weight is 327 g/mol. The van der Waals surface area contributed by atoms with Crippen molar-refractivity contribution in [1.29, 1.82) is 0 Å². The van der Waals surface area contributed by atoms with Gasteiger partial charge >= 0.3 is 0 Å². The first-order valence-electron chi connectivity index (χ1n) is 10.2. The van der Waals surface area contributed by atoms with Crippen LogP contribution in [0.2, 0.25) is 0 Å². The summed E-state index contributed by atoms with van der Waals surface area (Å²) in [6.07, 6.45) is 17.8. The number of carbonyl (C=O) groups is 1. The molecule has 0 aromatic heterocycles. The lowest BCUT2D eigenvalue weighted by Gasteiger charge is -2.21. The number of amides is 1. The van der Waals surface area contributed by atoms with Crippen molar-refractivity contribution in [2.45, 2.75) is 104 Å². The van der Waals surface area contributed by atoms with Crippen molar-refractivity contribution in [1.82, 2.24) is 4.90 Å². The second-order valence-electron chi connectivity index (χ2n) is 6.95. The molecule has 0 aliphatic rings. The van der Waals surface area contributed by atoms with E-state index in [1.54, 1.807) is 0 Å². The lowest BCUT2D eigenvalue weighted by atomic mass is 10.1. The molecule has 0 bridgehead atoms. The molecule has 0 aliphatic heterocycles. The highest BCUT2D eigenvalue weighted by molar-refractivity contribution is 5.73. The fraction of sp³-hybridized carbons (Fsp3) is 0.950. The molecule has 23 heavy (non-hydrogen) atoms. The summed E-state index contributed by atoms with van der Waals surface area (Å²) in [6, 6.07) is 0. The molecule has 0 heterocycles. The van der Waals surface area contributed by atoms with Crippen LogP contribution in [0.15, 0.2) is 0 Å². The van der Waals surface area contributed by atoms with E-state index in [4.69, 9.17) is 5.73 Å². The van der Waals surface area contributed by atoms with Gasteiger partial charge in [-0.05, 0) is 38.9 Å². The number of carbonyl (C=O) groups excluding carboxylic acids is 1. The van der Waals surface area contributed by atoms with Gasteiger partial charge in [-0.25, -0.2) is 0 Å². The van der Waals surface area contributed by atoms with Crippen LogP contribution in [0.3, 0.4) is 0 Å². The van der Waals surface area contributed by atoms with E-state index in [0.717, 1.165) is 13.0 Å². The van der Waals surface area contributed by atoms with E-state index in [2.05, 4.69) is 18.7 Å². The van der Waals surface area contributed by atoms with Crippen LogP contribution in [0, 0.1) is 0 Å². The highest BCUT2D eigenvalue weighted by Gasteiger charge is 2.05. The first-order valence-corrected chi connectivity index (χ1v) is 10.2. The Kier molecular flexibility index (Phi) is 17.3. The first kappa shape index (κ1) is 22.4. The maximum absolute atomic E-state index is 10.8. The monoisotopic (exact) mass is 326 g/mol. The quantitative estimate of drug-likeness (QED) is 0.349. The van der Waals surface area contributed by atoms with Crippen molar-refractivity contribution >= 4 is 5.91 Å². The Bertz CT molecular complexity index is 256. The summed E-state index contributed by atoms with van der Waals surface area (Å²) in [7, 11) is 0. The Morgan fingerprint density at radius 2 is 1.09 bits per heavy atom. The molecule has 0 atom stereocenters. The van der Waals surface area contributed by atoms with Crippen LogP contribution in [0.5, 0.6) is 0 Å². The summed E-state index contributed by atoms with van der Waals surface area (Å²) in [5, 5.41) is 0. The fourth-order valence-electron chi connectivity index (χ4n) is 3.02. The molecule has 138 valence electrons. The topological polar surface area (TPSA) is 46.3 Å². The summed E-state index contributed by atoms with van der Waals surface area (Å²) in [4.78, 5) is 13.4. The molecule has 3 heteroatoms. The predicted molar refractivity (Wildman–Crippen MR) is 102 cm³/mol. The lowest BCUT2D eigenvalue weighted by Crippen LogP contribution is -2.28. The van der Waals surface area contributed by atoms with E-state index in [1.165, 1.54) is 90.1 Å². The molecule has 2 N–H and O–H groups in total. The van der Waals surface area contributed by atoms with E-state index in [1.807, 2.05) is 0 Å². The molecule has 0 aromatic rings. The molecular formula is C20H42N2O. The number of unbranched alkanes of at least 4 members (excludes halogenated alkanes) is 10. The zero-order valence-electron chi connectivity index (χ0n) is 16.0. The number of hydrogen-bond donors (Lipinski definition) is 1. The molecule has 0 unspecified atom stereocenters. The highest BCUT2D eigenvalue weighted by Crippen LogP contribution is 2.11. The van der Waals surface area contributed by atoms with Gasteiger partial charge in [-0.1, -0.05) is 78.1 Å². The van der Waals surface area contributed by atoms with Gasteiger partial charge in [0, 0.05) is 6.42 Å². The minimum atomic E-state index is -0.167. The molecule has 0 radical (unpaired) electrons. The Morgan fingerprint density at radius 1 is 0.652 bits per heavy atom. The summed E-state index contributed by atoms with van der Waals surface area (Å²) >= 11 is 0. The Morgan fingerprint density at radius 3 is 1.61 bits per heavy atom. The van der Waals surface area contributed by atoms with Crippen molar-refractivity contribution in [2.24, 2.45) is 5.73 Å². The van der Waals surface area contributed by atoms with Crippen molar-refractivity contribution < 1.29 is 4.79 Å². The third-order valence-electron chi connectivity index (χ3n) is 4.55. The van der Waals surface area contributed by atoms with Crippen LogP contribution in [0.25, 0.3) is 0 Å². The predicted octanol–water partition coefficient (Wildman–Crippen LogP) is 5.27.